The van der Waals surface area contributed by atoms with Gasteiger partial charge in [0.1, 0.15) is 5.75 Å². The predicted molar refractivity (Wildman–Crippen MR) is 79.3 cm³/mol. The Morgan fingerprint density at radius 3 is 2.65 bits per heavy atom. The Labute approximate surface area is 118 Å². The van der Waals surface area contributed by atoms with E-state index in [9.17, 15) is 9.90 Å². The first-order chi connectivity index (χ1) is 9.68. The van der Waals surface area contributed by atoms with E-state index in [4.69, 9.17) is 0 Å². The highest BCUT2D eigenvalue weighted by molar-refractivity contribution is 6.08. The van der Waals surface area contributed by atoms with Crippen LogP contribution < -0.4 is 4.90 Å². The zero-order valence-corrected chi connectivity index (χ0v) is 11.4. The summed E-state index contributed by atoms with van der Waals surface area (Å²) in [6, 6.07) is 14.7. The fourth-order valence-electron chi connectivity index (χ4n) is 2.76. The van der Waals surface area contributed by atoms with Crippen LogP contribution in [0.5, 0.6) is 5.75 Å². The van der Waals surface area contributed by atoms with Crippen LogP contribution in [0.1, 0.15) is 35.2 Å². The minimum absolute atomic E-state index is 0.0357. The fourth-order valence-corrected chi connectivity index (χ4v) is 2.76. The van der Waals surface area contributed by atoms with Crippen molar-refractivity contribution in [1.82, 2.24) is 0 Å². The van der Waals surface area contributed by atoms with E-state index in [1.165, 1.54) is 5.56 Å². The smallest absolute Gasteiger partial charge is 0.262 e. The lowest BCUT2D eigenvalue weighted by atomic mass is 9.91. The van der Waals surface area contributed by atoms with Gasteiger partial charge in [-0.15, -0.1) is 0 Å². The second kappa shape index (κ2) is 5.00. The molecule has 1 N–H and O–H groups in total. The predicted octanol–water partition coefficient (Wildman–Crippen LogP) is 3.55. The summed E-state index contributed by atoms with van der Waals surface area (Å²) in [6.45, 7) is 2.87. The van der Waals surface area contributed by atoms with Gasteiger partial charge in [0.2, 0.25) is 0 Å². The Kier molecular flexibility index (Phi) is 3.18. The van der Waals surface area contributed by atoms with E-state index in [-0.39, 0.29) is 11.7 Å². The summed E-state index contributed by atoms with van der Waals surface area (Å²) in [5, 5.41) is 9.86. The van der Waals surface area contributed by atoms with E-state index in [1.54, 1.807) is 29.2 Å². The van der Waals surface area contributed by atoms with Crippen molar-refractivity contribution in [2.24, 2.45) is 0 Å². The molecule has 0 aromatic heterocycles. The second-order valence-electron chi connectivity index (χ2n) is 5.22. The Morgan fingerprint density at radius 2 is 1.85 bits per heavy atom. The number of carbonyl (C=O) groups is 1. The number of fused-ring (bicyclic) bond motifs is 1. The number of nitrogens with zero attached hydrogens (tertiary/aromatic N) is 1. The topological polar surface area (TPSA) is 40.5 Å². The van der Waals surface area contributed by atoms with Gasteiger partial charge >= 0.3 is 0 Å². The van der Waals surface area contributed by atoms with Crippen LogP contribution >= 0.6 is 0 Å². The highest BCUT2D eigenvalue weighted by Gasteiger charge is 2.27. The number of aromatic hydroxyl groups is 1. The molecule has 2 aromatic rings. The number of hydrogen-bond donors (Lipinski definition) is 1. The van der Waals surface area contributed by atoms with Crippen LogP contribution in [0.25, 0.3) is 0 Å². The average molecular weight is 267 g/mol. The van der Waals surface area contributed by atoms with Crippen molar-refractivity contribution in [1.29, 1.82) is 0 Å². The minimum atomic E-state index is -0.137. The van der Waals surface area contributed by atoms with Crippen LogP contribution in [-0.2, 0) is 0 Å². The number of carbonyl (C=O) groups excluding carboxylic acids is 1. The number of amides is 1. The maximum atomic E-state index is 12.7. The lowest BCUT2D eigenvalue weighted by molar-refractivity contribution is 0.0982. The number of para-hydroxylation sites is 2. The van der Waals surface area contributed by atoms with Gasteiger partial charge in [-0.2, -0.15) is 0 Å². The van der Waals surface area contributed by atoms with Gasteiger partial charge in [-0.3, -0.25) is 4.79 Å². The van der Waals surface area contributed by atoms with Gasteiger partial charge in [0.25, 0.3) is 5.91 Å². The third-order valence-electron chi connectivity index (χ3n) is 3.92. The van der Waals surface area contributed by atoms with Crippen LogP contribution in [-0.4, -0.2) is 17.6 Å². The second-order valence-corrected chi connectivity index (χ2v) is 5.22. The summed E-state index contributed by atoms with van der Waals surface area (Å²) in [7, 11) is 0. The van der Waals surface area contributed by atoms with E-state index >= 15 is 0 Å². The van der Waals surface area contributed by atoms with Gasteiger partial charge in [0, 0.05) is 12.2 Å². The van der Waals surface area contributed by atoms with Crippen LogP contribution in [0, 0.1) is 0 Å². The molecule has 102 valence electrons. The van der Waals surface area contributed by atoms with Crippen molar-refractivity contribution in [2.45, 2.75) is 19.3 Å². The standard InChI is InChI=1S/C17H17NO2/c1-12-10-11-18(15-8-4-2-6-13(12)15)17(20)14-7-3-5-9-16(14)19/h2-9,12,19H,10-11H2,1H3/t12-/m0/s1. The summed E-state index contributed by atoms with van der Waals surface area (Å²) in [5.41, 5.74) is 2.51. The third-order valence-corrected chi connectivity index (χ3v) is 3.92. The Morgan fingerprint density at radius 1 is 1.15 bits per heavy atom. The molecule has 0 bridgehead atoms. The molecule has 2 aromatic carbocycles. The number of benzene rings is 2. The van der Waals surface area contributed by atoms with Gasteiger partial charge in [0.15, 0.2) is 0 Å². The van der Waals surface area contributed by atoms with Crippen molar-refractivity contribution in [2.75, 3.05) is 11.4 Å². The molecular weight excluding hydrogens is 250 g/mol. The molecular formula is C17H17NO2. The molecule has 3 heteroatoms. The first kappa shape index (κ1) is 12.7. The number of rotatable bonds is 1. The molecule has 0 saturated heterocycles. The Bertz CT molecular complexity index is 651. The van der Waals surface area contributed by atoms with E-state index in [2.05, 4.69) is 13.0 Å². The quantitative estimate of drug-likeness (QED) is 0.858. The highest BCUT2D eigenvalue weighted by Crippen LogP contribution is 2.36. The molecule has 0 fully saturated rings. The van der Waals surface area contributed by atoms with E-state index in [0.717, 1.165) is 12.1 Å². The van der Waals surface area contributed by atoms with Crippen LogP contribution in [0.4, 0.5) is 5.69 Å². The summed E-state index contributed by atoms with van der Waals surface area (Å²) in [6.07, 6.45) is 0.941. The molecule has 1 aliphatic rings. The lowest BCUT2D eigenvalue weighted by Gasteiger charge is -2.33. The molecule has 20 heavy (non-hydrogen) atoms. The molecule has 0 radical (unpaired) electrons. The molecule has 1 heterocycles. The molecule has 0 saturated carbocycles. The zero-order chi connectivity index (χ0) is 14.1. The SMILES string of the molecule is C[C@H]1CCN(C(=O)c2ccccc2O)c2ccccc21. The molecule has 1 atom stereocenters. The Balaban J connectivity index is 2.02. The lowest BCUT2D eigenvalue weighted by Crippen LogP contribution is -2.36. The number of phenols is 1. The summed E-state index contributed by atoms with van der Waals surface area (Å²) >= 11 is 0. The largest absolute Gasteiger partial charge is 0.507 e. The molecule has 0 aliphatic carbocycles. The monoisotopic (exact) mass is 267 g/mol. The first-order valence-corrected chi connectivity index (χ1v) is 6.87. The molecule has 1 aliphatic heterocycles. The molecule has 1 amide bonds. The van der Waals surface area contributed by atoms with Gasteiger partial charge in [0.05, 0.1) is 5.56 Å². The van der Waals surface area contributed by atoms with E-state index in [1.807, 2.05) is 18.2 Å². The fraction of sp³-hybridized carbons (Fsp3) is 0.235. The first-order valence-electron chi connectivity index (χ1n) is 6.87. The number of phenolic OH excluding ortho intramolecular Hbond substituents is 1. The van der Waals surface area contributed by atoms with E-state index < -0.39 is 0 Å². The van der Waals surface area contributed by atoms with Crippen LogP contribution in [0.2, 0.25) is 0 Å². The summed E-state index contributed by atoms with van der Waals surface area (Å²) in [4.78, 5) is 14.4. The molecule has 3 nitrogen and oxygen atoms in total. The minimum Gasteiger partial charge on any atom is -0.507 e. The van der Waals surface area contributed by atoms with Gasteiger partial charge in [-0.1, -0.05) is 37.3 Å². The highest BCUT2D eigenvalue weighted by atomic mass is 16.3. The van der Waals surface area contributed by atoms with Crippen molar-refractivity contribution in [3.05, 3.63) is 59.7 Å². The van der Waals surface area contributed by atoms with Gasteiger partial charge in [-0.25, -0.2) is 0 Å². The summed E-state index contributed by atoms with van der Waals surface area (Å²) < 4.78 is 0. The molecule has 0 spiro atoms. The van der Waals surface area contributed by atoms with Crippen molar-refractivity contribution in [3.8, 4) is 5.75 Å². The van der Waals surface area contributed by atoms with E-state index in [0.29, 0.717) is 18.0 Å². The molecule has 3 rings (SSSR count). The maximum Gasteiger partial charge on any atom is 0.262 e. The zero-order valence-electron chi connectivity index (χ0n) is 11.4. The Hall–Kier alpha value is -2.29. The van der Waals surface area contributed by atoms with Crippen LogP contribution in [0.3, 0.4) is 0 Å². The van der Waals surface area contributed by atoms with Crippen LogP contribution in [0.15, 0.2) is 48.5 Å². The van der Waals surface area contributed by atoms with Crippen molar-refractivity contribution in [3.63, 3.8) is 0 Å². The molecule has 0 unspecified atom stereocenters. The van der Waals surface area contributed by atoms with Gasteiger partial charge < -0.3 is 10.0 Å². The summed E-state index contributed by atoms with van der Waals surface area (Å²) in [5.74, 6) is 0.357. The third kappa shape index (κ3) is 2.05. The number of hydrogen-bond acceptors (Lipinski definition) is 2. The average Bonchev–Trinajstić information content (AvgIpc) is 2.48. The van der Waals surface area contributed by atoms with Crippen molar-refractivity contribution >= 4 is 11.6 Å². The number of anilines is 1. The van der Waals surface area contributed by atoms with Crippen molar-refractivity contribution < 1.29 is 9.90 Å². The normalized spacial score (nSPS) is 17.6. The van der Waals surface area contributed by atoms with Gasteiger partial charge in [-0.05, 0) is 36.1 Å². The maximum absolute atomic E-state index is 12.7.